The highest BCUT2D eigenvalue weighted by atomic mass is 16.5. The first-order valence-corrected chi connectivity index (χ1v) is 8.85. The van der Waals surface area contributed by atoms with E-state index in [0.717, 1.165) is 12.8 Å². The Hall–Kier alpha value is -3.35. The highest BCUT2D eigenvalue weighted by Crippen LogP contribution is 2.38. The highest BCUT2D eigenvalue weighted by Gasteiger charge is 2.39. The van der Waals surface area contributed by atoms with Gasteiger partial charge in [-0.05, 0) is 31.1 Å². The van der Waals surface area contributed by atoms with Crippen LogP contribution in [0.2, 0.25) is 0 Å². The molecule has 0 radical (unpaired) electrons. The van der Waals surface area contributed by atoms with Gasteiger partial charge in [0.15, 0.2) is 0 Å². The van der Waals surface area contributed by atoms with E-state index in [4.69, 9.17) is 9.47 Å². The molecule has 1 aromatic heterocycles. The summed E-state index contributed by atoms with van der Waals surface area (Å²) in [5.74, 6) is 1.20. The van der Waals surface area contributed by atoms with Gasteiger partial charge in [-0.2, -0.15) is 4.98 Å². The second-order valence-corrected chi connectivity index (χ2v) is 6.67. The Labute approximate surface area is 155 Å². The van der Waals surface area contributed by atoms with E-state index in [2.05, 4.69) is 4.98 Å². The predicted molar refractivity (Wildman–Crippen MR) is 97.6 cm³/mol. The lowest BCUT2D eigenvalue weighted by molar-refractivity contribution is 0.0735. The maximum atomic E-state index is 13.5. The van der Waals surface area contributed by atoms with E-state index < -0.39 is 0 Å². The zero-order valence-electron chi connectivity index (χ0n) is 14.7. The van der Waals surface area contributed by atoms with Gasteiger partial charge in [-0.1, -0.05) is 12.1 Å². The van der Waals surface area contributed by atoms with Gasteiger partial charge < -0.3 is 14.4 Å². The molecule has 5 rings (SSSR count). The smallest absolute Gasteiger partial charge is 0.269 e. The lowest BCUT2D eigenvalue weighted by atomic mass is 10.1. The van der Waals surface area contributed by atoms with Gasteiger partial charge in [-0.15, -0.1) is 0 Å². The molecule has 7 heteroatoms. The van der Waals surface area contributed by atoms with Crippen molar-refractivity contribution in [1.29, 1.82) is 0 Å². The van der Waals surface area contributed by atoms with Gasteiger partial charge in [0, 0.05) is 12.6 Å². The molecule has 0 spiro atoms. The van der Waals surface area contributed by atoms with E-state index in [1.54, 1.807) is 33.8 Å². The molecule has 3 aliphatic heterocycles. The summed E-state index contributed by atoms with van der Waals surface area (Å²) in [6.07, 6.45) is 6.34. The molecule has 4 heterocycles. The molecule has 2 aromatic rings. The van der Waals surface area contributed by atoms with Crippen molar-refractivity contribution in [2.45, 2.75) is 18.9 Å². The van der Waals surface area contributed by atoms with E-state index in [1.807, 2.05) is 12.1 Å². The number of fused-ring (bicyclic) bond motifs is 6. The maximum Gasteiger partial charge on any atom is 0.269 e. The Morgan fingerprint density at radius 2 is 2.11 bits per heavy atom. The van der Waals surface area contributed by atoms with Crippen molar-refractivity contribution in [2.75, 3.05) is 13.7 Å². The van der Waals surface area contributed by atoms with Crippen LogP contribution in [0.5, 0.6) is 5.88 Å². The number of ether oxygens (including phenoxy) is 2. The van der Waals surface area contributed by atoms with Crippen LogP contribution in [0, 0.1) is 0 Å². The minimum Gasteiger partial charge on any atom is -0.497 e. The summed E-state index contributed by atoms with van der Waals surface area (Å²) in [5.41, 5.74) is 1.09. The van der Waals surface area contributed by atoms with Crippen molar-refractivity contribution in [2.24, 2.45) is 0 Å². The van der Waals surface area contributed by atoms with Crippen LogP contribution >= 0.6 is 0 Å². The van der Waals surface area contributed by atoms with Crippen molar-refractivity contribution in [3.8, 4) is 11.6 Å². The number of carbonyl (C=O) groups excluding carboxylic acids is 1. The summed E-state index contributed by atoms with van der Waals surface area (Å²) in [4.78, 5) is 33.0. The standard InChI is InChI=1S/C20H17N3O4/c1-26-12-8-10-27-18-14(11-12)20(25)23-15-6-3-2-5-13(15)19(24)22-9-4-7-16(22)17(23)21-18/h2-3,5-6,8,10-11,16H,4,7,9H2,1H3. The zero-order valence-corrected chi connectivity index (χ0v) is 14.7. The van der Waals surface area contributed by atoms with Crippen LogP contribution in [0.1, 0.15) is 40.6 Å². The van der Waals surface area contributed by atoms with Crippen LogP contribution < -0.4 is 10.3 Å². The summed E-state index contributed by atoms with van der Waals surface area (Å²) in [6.45, 7) is 0.652. The fourth-order valence-electron chi connectivity index (χ4n) is 3.97. The highest BCUT2D eigenvalue weighted by molar-refractivity contribution is 5.98. The van der Waals surface area contributed by atoms with Crippen LogP contribution in [0.25, 0.3) is 11.8 Å². The average Bonchev–Trinajstić information content (AvgIpc) is 3.04. The summed E-state index contributed by atoms with van der Waals surface area (Å²) in [7, 11) is 1.53. The molecule has 0 N–H and O–H groups in total. The molecular weight excluding hydrogens is 346 g/mol. The van der Waals surface area contributed by atoms with Crippen LogP contribution in [0.4, 0.5) is 0 Å². The molecule has 0 bridgehead atoms. The number of carbonyl (C=O) groups is 1. The summed E-state index contributed by atoms with van der Waals surface area (Å²) >= 11 is 0. The topological polar surface area (TPSA) is 73.7 Å². The average molecular weight is 363 g/mol. The van der Waals surface area contributed by atoms with Crippen LogP contribution in [0.3, 0.4) is 0 Å². The fraction of sp³-hybridized carbons (Fsp3) is 0.250. The van der Waals surface area contributed by atoms with Crippen molar-refractivity contribution in [3.63, 3.8) is 0 Å². The van der Waals surface area contributed by atoms with E-state index in [-0.39, 0.29) is 23.4 Å². The minimum absolute atomic E-state index is 0.0675. The monoisotopic (exact) mass is 363 g/mol. The third kappa shape index (κ3) is 2.24. The first-order valence-electron chi connectivity index (χ1n) is 8.85. The number of allylic oxidation sites excluding steroid dienone is 1. The second-order valence-electron chi connectivity index (χ2n) is 6.67. The van der Waals surface area contributed by atoms with Crippen molar-refractivity contribution in [3.05, 3.63) is 69.7 Å². The Morgan fingerprint density at radius 1 is 1.26 bits per heavy atom. The lowest BCUT2D eigenvalue weighted by Gasteiger charge is -2.22. The number of para-hydroxylation sites is 1. The third-order valence-electron chi connectivity index (χ3n) is 5.23. The molecule has 3 aliphatic rings. The molecule has 1 saturated heterocycles. The van der Waals surface area contributed by atoms with Gasteiger partial charge >= 0.3 is 0 Å². The van der Waals surface area contributed by atoms with Gasteiger partial charge in [-0.25, -0.2) is 0 Å². The summed E-state index contributed by atoms with van der Waals surface area (Å²) in [6, 6.07) is 6.92. The number of benzene rings is 1. The van der Waals surface area contributed by atoms with Crippen molar-refractivity contribution >= 4 is 12.0 Å². The second kappa shape index (κ2) is 5.84. The molecule has 27 heavy (non-hydrogen) atoms. The van der Waals surface area contributed by atoms with Crippen molar-refractivity contribution in [1.82, 2.24) is 14.5 Å². The molecule has 1 atom stereocenters. The molecule has 1 amide bonds. The number of methoxy groups -OCH3 is 1. The van der Waals surface area contributed by atoms with E-state index in [0.29, 0.717) is 34.9 Å². The number of amides is 1. The molecular formula is C20H17N3O4. The Bertz CT molecular complexity index is 1080. The third-order valence-corrected chi connectivity index (χ3v) is 5.23. The van der Waals surface area contributed by atoms with E-state index >= 15 is 0 Å². The summed E-state index contributed by atoms with van der Waals surface area (Å²) in [5, 5.41) is 0. The quantitative estimate of drug-likeness (QED) is 0.778. The summed E-state index contributed by atoms with van der Waals surface area (Å²) < 4.78 is 12.4. The number of hydrogen-bond donors (Lipinski definition) is 0. The van der Waals surface area contributed by atoms with Gasteiger partial charge in [0.05, 0.1) is 30.7 Å². The number of rotatable bonds is 1. The SMILES string of the molecule is COC1=Cc2c(nc3n(c2=O)-c2ccccc2C(=O)N2CCCC32)OC=C1. The first-order chi connectivity index (χ1) is 13.2. The van der Waals surface area contributed by atoms with Crippen LogP contribution in [0.15, 0.2) is 47.2 Å². The Morgan fingerprint density at radius 3 is 2.96 bits per heavy atom. The molecule has 0 saturated carbocycles. The Balaban J connectivity index is 1.87. The molecule has 136 valence electrons. The van der Waals surface area contributed by atoms with E-state index in [1.165, 1.54) is 13.4 Å². The van der Waals surface area contributed by atoms with Gasteiger partial charge in [0.1, 0.15) is 17.1 Å². The molecule has 1 unspecified atom stereocenters. The van der Waals surface area contributed by atoms with Gasteiger partial charge in [0.25, 0.3) is 11.5 Å². The normalized spacial score (nSPS) is 19.7. The molecule has 7 nitrogen and oxygen atoms in total. The van der Waals surface area contributed by atoms with Crippen LogP contribution in [-0.4, -0.2) is 34.0 Å². The Kier molecular flexibility index (Phi) is 3.43. The number of hydrogen-bond acceptors (Lipinski definition) is 5. The first kappa shape index (κ1) is 15.9. The zero-order chi connectivity index (χ0) is 18.5. The number of nitrogens with zero attached hydrogens (tertiary/aromatic N) is 3. The predicted octanol–water partition coefficient (Wildman–Crippen LogP) is 2.42. The molecule has 0 aliphatic carbocycles. The van der Waals surface area contributed by atoms with Gasteiger partial charge in [-0.3, -0.25) is 14.2 Å². The fourth-order valence-corrected chi connectivity index (χ4v) is 3.97. The minimum atomic E-state index is -0.276. The van der Waals surface area contributed by atoms with Crippen LogP contribution in [-0.2, 0) is 4.74 Å². The largest absolute Gasteiger partial charge is 0.497 e. The molecule has 1 aromatic carbocycles. The molecule has 1 fully saturated rings. The number of aromatic nitrogens is 2. The lowest BCUT2D eigenvalue weighted by Crippen LogP contribution is -2.31. The van der Waals surface area contributed by atoms with E-state index in [9.17, 15) is 9.59 Å². The van der Waals surface area contributed by atoms with Gasteiger partial charge in [0.2, 0.25) is 5.88 Å². The maximum absolute atomic E-state index is 13.5. The van der Waals surface area contributed by atoms with Crippen molar-refractivity contribution < 1.29 is 14.3 Å².